The molecule has 1 heterocycles. The van der Waals surface area contributed by atoms with E-state index in [1.165, 1.54) is 6.07 Å². The minimum absolute atomic E-state index is 0.0596. The number of hydrogen-bond acceptors (Lipinski definition) is 3. The summed E-state index contributed by atoms with van der Waals surface area (Å²) in [5.41, 5.74) is 0.596. The van der Waals surface area contributed by atoms with Gasteiger partial charge in [-0.3, -0.25) is 9.59 Å². The second kappa shape index (κ2) is 7.85. The fraction of sp³-hybridized carbons (Fsp3) is 0.579. The quantitative estimate of drug-likeness (QED) is 0.912. The molecule has 1 aromatic rings. The third-order valence-electron chi connectivity index (χ3n) is 5.43. The van der Waals surface area contributed by atoms with Crippen molar-refractivity contribution in [3.05, 3.63) is 30.1 Å². The van der Waals surface area contributed by atoms with Crippen molar-refractivity contribution in [2.45, 2.75) is 32.1 Å². The van der Waals surface area contributed by atoms with Gasteiger partial charge in [0.2, 0.25) is 5.91 Å². The number of carbonyl (C=O) groups excluding carboxylic acids is 1. The molecule has 2 fully saturated rings. The van der Waals surface area contributed by atoms with Gasteiger partial charge in [-0.2, -0.15) is 0 Å². The van der Waals surface area contributed by atoms with Crippen LogP contribution in [0, 0.1) is 17.7 Å². The van der Waals surface area contributed by atoms with Crippen molar-refractivity contribution in [3.63, 3.8) is 0 Å². The van der Waals surface area contributed by atoms with E-state index in [-0.39, 0.29) is 23.6 Å². The molecule has 1 amide bonds. The van der Waals surface area contributed by atoms with Crippen LogP contribution >= 0.6 is 0 Å². The van der Waals surface area contributed by atoms with Crippen LogP contribution in [0.25, 0.3) is 0 Å². The molecule has 0 bridgehead atoms. The van der Waals surface area contributed by atoms with Crippen molar-refractivity contribution in [3.8, 4) is 0 Å². The van der Waals surface area contributed by atoms with E-state index in [1.54, 1.807) is 12.1 Å². The zero-order valence-corrected chi connectivity index (χ0v) is 14.4. The SMILES string of the molecule is O=C(O)C1CCC(C(=O)N2CCCN(c3ccccc3F)CC2)CC1. The number of anilines is 1. The maximum absolute atomic E-state index is 14.0. The Hall–Kier alpha value is -2.11. The average molecular weight is 348 g/mol. The van der Waals surface area contributed by atoms with Crippen molar-refractivity contribution in [2.75, 3.05) is 31.1 Å². The summed E-state index contributed by atoms with van der Waals surface area (Å²) >= 11 is 0. The molecule has 0 unspecified atom stereocenters. The minimum atomic E-state index is -0.749. The molecule has 0 atom stereocenters. The van der Waals surface area contributed by atoms with E-state index >= 15 is 0 Å². The van der Waals surface area contributed by atoms with Crippen LogP contribution in [-0.2, 0) is 9.59 Å². The molecule has 1 saturated heterocycles. The highest BCUT2D eigenvalue weighted by atomic mass is 19.1. The Bertz CT molecular complexity index is 629. The first-order chi connectivity index (χ1) is 12.1. The number of benzene rings is 1. The predicted molar refractivity (Wildman–Crippen MR) is 92.9 cm³/mol. The van der Waals surface area contributed by atoms with E-state index in [0.29, 0.717) is 51.0 Å². The molecule has 1 saturated carbocycles. The number of aliphatic carboxylic acids is 1. The monoisotopic (exact) mass is 348 g/mol. The van der Waals surface area contributed by atoms with Crippen LogP contribution in [0.5, 0.6) is 0 Å². The van der Waals surface area contributed by atoms with E-state index in [4.69, 9.17) is 5.11 Å². The van der Waals surface area contributed by atoms with Crippen LogP contribution in [-0.4, -0.2) is 48.1 Å². The Morgan fingerprint density at radius 3 is 2.32 bits per heavy atom. The van der Waals surface area contributed by atoms with Crippen LogP contribution < -0.4 is 4.90 Å². The standard InChI is InChI=1S/C19H25FN2O3/c20-16-4-1-2-5-17(16)21-10-3-11-22(13-12-21)18(23)14-6-8-15(9-7-14)19(24)25/h1-2,4-5,14-15H,3,6-13H2,(H,24,25). The van der Waals surface area contributed by atoms with E-state index in [0.717, 1.165) is 13.0 Å². The third-order valence-corrected chi connectivity index (χ3v) is 5.43. The normalized spacial score (nSPS) is 24.7. The molecule has 2 aliphatic rings. The summed E-state index contributed by atoms with van der Waals surface area (Å²) in [5, 5.41) is 9.08. The Labute approximate surface area is 147 Å². The summed E-state index contributed by atoms with van der Waals surface area (Å²) < 4.78 is 14.0. The van der Waals surface area contributed by atoms with Gasteiger partial charge < -0.3 is 14.9 Å². The van der Waals surface area contributed by atoms with Gasteiger partial charge in [0.15, 0.2) is 0 Å². The second-order valence-corrected chi connectivity index (χ2v) is 7.00. The average Bonchev–Trinajstić information content (AvgIpc) is 2.87. The maximum Gasteiger partial charge on any atom is 0.306 e. The summed E-state index contributed by atoms with van der Waals surface area (Å²) in [7, 11) is 0. The molecule has 5 nitrogen and oxygen atoms in total. The summed E-state index contributed by atoms with van der Waals surface area (Å²) in [6.45, 7) is 2.63. The zero-order chi connectivity index (χ0) is 17.8. The first-order valence-corrected chi connectivity index (χ1v) is 9.07. The molecule has 1 aliphatic carbocycles. The fourth-order valence-electron chi connectivity index (χ4n) is 3.93. The Kier molecular flexibility index (Phi) is 5.56. The zero-order valence-electron chi connectivity index (χ0n) is 14.4. The summed E-state index contributed by atoms with van der Waals surface area (Å²) in [6.07, 6.45) is 3.29. The number of carboxylic acid groups (broad SMARTS) is 1. The lowest BCUT2D eigenvalue weighted by Gasteiger charge is -2.30. The van der Waals surface area contributed by atoms with Gasteiger partial charge in [0.05, 0.1) is 11.6 Å². The summed E-state index contributed by atoms with van der Waals surface area (Å²) in [4.78, 5) is 27.7. The number of carbonyl (C=O) groups is 2. The van der Waals surface area contributed by atoms with Crippen molar-refractivity contribution in [2.24, 2.45) is 11.8 Å². The number of halogens is 1. The number of nitrogens with zero attached hydrogens (tertiary/aromatic N) is 2. The third kappa shape index (κ3) is 4.11. The number of rotatable bonds is 3. The summed E-state index contributed by atoms with van der Waals surface area (Å²) in [5.74, 6) is -1.20. The van der Waals surface area contributed by atoms with Crippen LogP contribution in [0.2, 0.25) is 0 Å². The lowest BCUT2D eigenvalue weighted by atomic mass is 9.81. The lowest BCUT2D eigenvalue weighted by Crippen LogP contribution is -2.40. The van der Waals surface area contributed by atoms with Gasteiger partial charge in [-0.1, -0.05) is 12.1 Å². The van der Waals surface area contributed by atoms with Crippen LogP contribution in [0.3, 0.4) is 0 Å². The second-order valence-electron chi connectivity index (χ2n) is 7.00. The Morgan fingerprint density at radius 1 is 0.960 bits per heavy atom. The molecule has 6 heteroatoms. The number of para-hydroxylation sites is 1. The van der Waals surface area contributed by atoms with Gasteiger partial charge in [-0.15, -0.1) is 0 Å². The molecule has 0 aromatic heterocycles. The summed E-state index contributed by atoms with van der Waals surface area (Å²) in [6, 6.07) is 6.75. The van der Waals surface area contributed by atoms with E-state index in [1.807, 2.05) is 15.9 Å². The van der Waals surface area contributed by atoms with Gasteiger partial charge in [-0.05, 0) is 44.2 Å². The molecule has 0 radical (unpaired) electrons. The first-order valence-electron chi connectivity index (χ1n) is 9.07. The highest BCUT2D eigenvalue weighted by molar-refractivity contribution is 5.79. The van der Waals surface area contributed by atoms with Gasteiger partial charge in [0, 0.05) is 32.1 Å². The van der Waals surface area contributed by atoms with Gasteiger partial charge in [-0.25, -0.2) is 4.39 Å². The molecule has 0 spiro atoms. The number of hydrogen-bond donors (Lipinski definition) is 1. The number of amides is 1. The largest absolute Gasteiger partial charge is 0.481 e. The first kappa shape index (κ1) is 17.7. The molecule has 1 N–H and O–H groups in total. The highest BCUT2D eigenvalue weighted by Gasteiger charge is 2.32. The van der Waals surface area contributed by atoms with Crippen LogP contribution in [0.15, 0.2) is 24.3 Å². The molecule has 25 heavy (non-hydrogen) atoms. The minimum Gasteiger partial charge on any atom is -0.481 e. The molecule has 1 aliphatic heterocycles. The number of carboxylic acids is 1. The van der Waals surface area contributed by atoms with Gasteiger partial charge >= 0.3 is 5.97 Å². The molecule has 136 valence electrons. The Morgan fingerprint density at radius 2 is 1.64 bits per heavy atom. The molecular weight excluding hydrogens is 323 g/mol. The predicted octanol–water partition coefficient (Wildman–Crippen LogP) is 2.76. The smallest absolute Gasteiger partial charge is 0.306 e. The van der Waals surface area contributed by atoms with Crippen molar-refractivity contribution in [1.82, 2.24) is 4.90 Å². The van der Waals surface area contributed by atoms with Crippen molar-refractivity contribution in [1.29, 1.82) is 0 Å². The van der Waals surface area contributed by atoms with Gasteiger partial charge in [0.1, 0.15) is 5.82 Å². The topological polar surface area (TPSA) is 60.9 Å². The van der Waals surface area contributed by atoms with E-state index in [2.05, 4.69) is 0 Å². The molecule has 3 rings (SSSR count). The fourth-order valence-corrected chi connectivity index (χ4v) is 3.93. The van der Waals surface area contributed by atoms with E-state index < -0.39 is 5.97 Å². The Balaban J connectivity index is 1.57. The van der Waals surface area contributed by atoms with Crippen LogP contribution in [0.4, 0.5) is 10.1 Å². The molecular formula is C19H25FN2O3. The van der Waals surface area contributed by atoms with Crippen LogP contribution in [0.1, 0.15) is 32.1 Å². The van der Waals surface area contributed by atoms with Crippen molar-refractivity contribution >= 4 is 17.6 Å². The van der Waals surface area contributed by atoms with E-state index in [9.17, 15) is 14.0 Å². The molecule has 1 aromatic carbocycles. The van der Waals surface area contributed by atoms with Gasteiger partial charge in [0.25, 0.3) is 0 Å². The highest BCUT2D eigenvalue weighted by Crippen LogP contribution is 2.30. The lowest BCUT2D eigenvalue weighted by molar-refractivity contribution is -0.145. The van der Waals surface area contributed by atoms with Crippen molar-refractivity contribution < 1.29 is 19.1 Å². The maximum atomic E-state index is 14.0.